The average Bonchev–Trinajstić information content (AvgIpc) is 3.42. The highest BCUT2D eigenvalue weighted by molar-refractivity contribution is 7.21. The zero-order chi connectivity index (χ0) is 19.1. The van der Waals surface area contributed by atoms with Crippen LogP contribution in [0, 0.1) is 5.82 Å². The summed E-state index contributed by atoms with van der Waals surface area (Å²) in [6, 6.07) is 20.2. The molecular weight excluding hydrogens is 367 g/mol. The fraction of sp³-hybridized carbons (Fsp3) is 0.250. The van der Waals surface area contributed by atoms with Gasteiger partial charge < -0.3 is 0 Å². The van der Waals surface area contributed by atoms with Crippen LogP contribution in [0.5, 0.6) is 0 Å². The Morgan fingerprint density at radius 1 is 1.00 bits per heavy atom. The molecule has 2 aromatic heterocycles. The maximum absolute atomic E-state index is 14.6. The van der Waals surface area contributed by atoms with Crippen molar-refractivity contribution in [1.82, 2.24) is 9.97 Å². The largest absolute Gasteiger partial charge is 0.239 e. The monoisotopic (exact) mass is 388 g/mol. The molecule has 4 aromatic rings. The molecule has 0 spiro atoms. The van der Waals surface area contributed by atoms with Crippen LogP contribution < -0.4 is 0 Å². The Hall–Kier alpha value is -2.59. The van der Waals surface area contributed by atoms with Gasteiger partial charge in [-0.1, -0.05) is 61.1 Å². The lowest BCUT2D eigenvalue weighted by Crippen LogP contribution is -2.10. The lowest BCUT2D eigenvalue weighted by atomic mass is 9.92. The van der Waals surface area contributed by atoms with Gasteiger partial charge in [0.1, 0.15) is 21.2 Å². The standard InChI is InChI=1S/C24H21FN2S/c1-2-6-16-9-10-18(19(25)15-16)22-26-20-11-12-21(27-23(20)28-22)24(13-14-24)17-7-4-3-5-8-17/h3-5,7-12,15H,2,6,13-14H2,1H3. The van der Waals surface area contributed by atoms with Crippen LogP contribution in [0.2, 0.25) is 0 Å². The van der Waals surface area contributed by atoms with E-state index in [1.807, 2.05) is 24.3 Å². The SMILES string of the molecule is CCCc1ccc(-c2nc3ccc(C4(c5ccccc5)CC4)nc3s2)c(F)c1. The lowest BCUT2D eigenvalue weighted by Gasteiger charge is -2.14. The van der Waals surface area contributed by atoms with E-state index in [0.717, 1.165) is 47.3 Å². The minimum Gasteiger partial charge on any atom is -0.239 e. The van der Waals surface area contributed by atoms with Crippen molar-refractivity contribution in [2.24, 2.45) is 0 Å². The molecule has 2 nitrogen and oxygen atoms in total. The zero-order valence-electron chi connectivity index (χ0n) is 15.8. The minimum absolute atomic E-state index is 0.0344. The smallest absolute Gasteiger partial charge is 0.144 e. The molecule has 5 rings (SSSR count). The molecule has 0 amide bonds. The number of benzene rings is 2. The average molecular weight is 389 g/mol. The van der Waals surface area contributed by atoms with Gasteiger partial charge in [-0.25, -0.2) is 14.4 Å². The van der Waals surface area contributed by atoms with Crippen molar-refractivity contribution in [3.63, 3.8) is 0 Å². The normalized spacial score (nSPS) is 15.1. The Morgan fingerprint density at radius 3 is 2.54 bits per heavy atom. The van der Waals surface area contributed by atoms with E-state index < -0.39 is 0 Å². The van der Waals surface area contributed by atoms with E-state index in [9.17, 15) is 4.39 Å². The molecule has 1 aliphatic rings. The number of aromatic nitrogens is 2. The molecule has 1 aliphatic carbocycles. The van der Waals surface area contributed by atoms with Gasteiger partial charge in [-0.05, 0) is 54.7 Å². The summed E-state index contributed by atoms with van der Waals surface area (Å²) in [7, 11) is 0. The number of nitrogens with zero attached hydrogens (tertiary/aromatic N) is 2. The van der Waals surface area contributed by atoms with Crippen molar-refractivity contribution < 1.29 is 4.39 Å². The van der Waals surface area contributed by atoms with E-state index in [2.05, 4.69) is 42.2 Å². The second-order valence-electron chi connectivity index (χ2n) is 7.55. The Balaban J connectivity index is 1.53. The van der Waals surface area contributed by atoms with Gasteiger partial charge in [0, 0.05) is 11.0 Å². The summed E-state index contributed by atoms with van der Waals surface area (Å²) in [6.45, 7) is 2.10. The van der Waals surface area contributed by atoms with Crippen LogP contribution in [0.3, 0.4) is 0 Å². The van der Waals surface area contributed by atoms with E-state index in [1.165, 1.54) is 16.9 Å². The molecule has 1 saturated carbocycles. The summed E-state index contributed by atoms with van der Waals surface area (Å²) < 4.78 is 14.6. The van der Waals surface area contributed by atoms with E-state index in [0.29, 0.717) is 10.6 Å². The summed E-state index contributed by atoms with van der Waals surface area (Å²) in [6.07, 6.45) is 4.14. The number of thiazole rings is 1. The highest BCUT2D eigenvalue weighted by Crippen LogP contribution is 2.53. The predicted molar refractivity (Wildman–Crippen MR) is 113 cm³/mol. The van der Waals surface area contributed by atoms with Gasteiger partial charge in [0.2, 0.25) is 0 Å². The van der Waals surface area contributed by atoms with Crippen LogP contribution in [-0.4, -0.2) is 9.97 Å². The first-order chi connectivity index (χ1) is 13.7. The lowest BCUT2D eigenvalue weighted by molar-refractivity contribution is 0.628. The third-order valence-electron chi connectivity index (χ3n) is 5.62. The first kappa shape index (κ1) is 17.5. The van der Waals surface area contributed by atoms with Crippen LogP contribution in [-0.2, 0) is 11.8 Å². The fourth-order valence-corrected chi connectivity index (χ4v) is 4.91. The van der Waals surface area contributed by atoms with E-state index in [4.69, 9.17) is 4.98 Å². The van der Waals surface area contributed by atoms with Gasteiger partial charge in [-0.3, -0.25) is 0 Å². The number of rotatable bonds is 5. The molecule has 0 radical (unpaired) electrons. The number of pyridine rings is 1. The summed E-state index contributed by atoms with van der Waals surface area (Å²) in [4.78, 5) is 10.5. The number of fused-ring (bicyclic) bond motifs is 1. The van der Waals surface area contributed by atoms with Crippen LogP contribution in [0.25, 0.3) is 20.9 Å². The van der Waals surface area contributed by atoms with Crippen molar-refractivity contribution in [1.29, 1.82) is 0 Å². The Bertz CT molecular complexity index is 1150. The van der Waals surface area contributed by atoms with Crippen LogP contribution in [0.1, 0.15) is 43.0 Å². The van der Waals surface area contributed by atoms with Gasteiger partial charge in [0.15, 0.2) is 0 Å². The van der Waals surface area contributed by atoms with Crippen LogP contribution in [0.15, 0.2) is 60.7 Å². The Morgan fingerprint density at radius 2 is 1.82 bits per heavy atom. The van der Waals surface area contributed by atoms with E-state index in [1.54, 1.807) is 6.07 Å². The topological polar surface area (TPSA) is 25.8 Å². The second kappa shape index (κ2) is 6.78. The zero-order valence-corrected chi connectivity index (χ0v) is 16.6. The molecule has 0 unspecified atom stereocenters. The highest BCUT2D eigenvalue weighted by Gasteiger charge is 2.47. The molecule has 0 N–H and O–H groups in total. The molecule has 0 bridgehead atoms. The molecule has 140 valence electrons. The quantitative estimate of drug-likeness (QED) is 0.388. The summed E-state index contributed by atoms with van der Waals surface area (Å²) in [5.41, 5.74) is 4.89. The third kappa shape index (κ3) is 2.92. The van der Waals surface area contributed by atoms with E-state index in [-0.39, 0.29) is 11.2 Å². The highest BCUT2D eigenvalue weighted by atomic mass is 32.1. The molecule has 0 aliphatic heterocycles. The van der Waals surface area contributed by atoms with Crippen molar-refractivity contribution in [2.45, 2.75) is 38.0 Å². The van der Waals surface area contributed by atoms with Crippen LogP contribution in [0.4, 0.5) is 4.39 Å². The summed E-state index contributed by atoms with van der Waals surface area (Å²) in [5.74, 6) is -0.201. The first-order valence-electron chi connectivity index (χ1n) is 9.82. The molecule has 2 heterocycles. The van der Waals surface area contributed by atoms with Crippen molar-refractivity contribution in [3.05, 3.63) is 83.3 Å². The van der Waals surface area contributed by atoms with Gasteiger partial charge in [-0.15, -0.1) is 0 Å². The number of hydrogen-bond acceptors (Lipinski definition) is 3. The minimum atomic E-state index is -0.201. The van der Waals surface area contributed by atoms with Gasteiger partial charge >= 0.3 is 0 Å². The van der Waals surface area contributed by atoms with Gasteiger partial charge in [0.05, 0.1) is 5.69 Å². The molecule has 28 heavy (non-hydrogen) atoms. The number of hydrogen-bond donors (Lipinski definition) is 0. The molecule has 0 saturated heterocycles. The Labute approximate surface area is 168 Å². The number of aryl methyl sites for hydroxylation is 1. The maximum Gasteiger partial charge on any atom is 0.144 e. The van der Waals surface area contributed by atoms with Crippen molar-refractivity contribution in [3.8, 4) is 10.6 Å². The van der Waals surface area contributed by atoms with Crippen molar-refractivity contribution in [2.75, 3.05) is 0 Å². The molecule has 1 fully saturated rings. The van der Waals surface area contributed by atoms with Crippen molar-refractivity contribution >= 4 is 21.7 Å². The van der Waals surface area contributed by atoms with Gasteiger partial charge in [-0.2, -0.15) is 0 Å². The Kier molecular flexibility index (Phi) is 4.24. The summed E-state index contributed by atoms with van der Waals surface area (Å²) in [5, 5.41) is 0.699. The van der Waals surface area contributed by atoms with Crippen LogP contribution >= 0.6 is 11.3 Å². The molecular formula is C24H21FN2S. The maximum atomic E-state index is 14.6. The van der Waals surface area contributed by atoms with Gasteiger partial charge in [0.25, 0.3) is 0 Å². The first-order valence-corrected chi connectivity index (χ1v) is 10.6. The molecule has 0 atom stereocenters. The summed E-state index contributed by atoms with van der Waals surface area (Å²) >= 11 is 1.47. The molecule has 2 aromatic carbocycles. The fourth-order valence-electron chi connectivity index (χ4n) is 3.95. The van der Waals surface area contributed by atoms with E-state index >= 15 is 0 Å². The number of halogens is 1. The predicted octanol–water partition coefficient (Wildman–Crippen LogP) is 6.53. The second-order valence-corrected chi connectivity index (χ2v) is 8.53. The molecule has 4 heteroatoms. The third-order valence-corrected chi connectivity index (χ3v) is 6.62.